The average molecular weight is 501 g/mol. The van der Waals surface area contributed by atoms with Crippen molar-refractivity contribution in [3.05, 3.63) is 48.3 Å². The van der Waals surface area contributed by atoms with Crippen LogP contribution in [-0.2, 0) is 14.8 Å². The van der Waals surface area contributed by atoms with E-state index in [0.717, 1.165) is 23.6 Å². The number of carbonyl (C=O) groups is 1. The van der Waals surface area contributed by atoms with E-state index in [1.54, 1.807) is 6.07 Å². The number of rotatable bonds is 6. The van der Waals surface area contributed by atoms with Gasteiger partial charge < -0.3 is 14.8 Å². The van der Waals surface area contributed by atoms with Crippen LogP contribution in [0.5, 0.6) is 11.5 Å². The molecule has 0 saturated heterocycles. The van der Waals surface area contributed by atoms with Crippen LogP contribution in [0.2, 0.25) is 0 Å². The molecule has 4 fully saturated rings. The maximum atomic E-state index is 13.8. The summed E-state index contributed by atoms with van der Waals surface area (Å²) in [5.74, 6) is 1.95. The molecule has 4 saturated carbocycles. The van der Waals surface area contributed by atoms with Crippen LogP contribution in [0.1, 0.15) is 38.5 Å². The summed E-state index contributed by atoms with van der Waals surface area (Å²) in [5, 5.41) is 3.25. The lowest BCUT2D eigenvalue weighted by atomic mass is 9.53. The largest absolute Gasteiger partial charge is 0.486 e. The summed E-state index contributed by atoms with van der Waals surface area (Å²) >= 11 is 0. The zero-order valence-electron chi connectivity index (χ0n) is 19.4. The molecule has 0 spiro atoms. The fraction of sp³-hybridized carbons (Fsp3) is 0.500. The van der Waals surface area contributed by atoms with E-state index in [9.17, 15) is 17.6 Å². The van der Waals surface area contributed by atoms with Crippen LogP contribution < -0.4 is 19.1 Å². The van der Waals surface area contributed by atoms with Crippen LogP contribution in [0.25, 0.3) is 0 Å². The van der Waals surface area contributed by atoms with E-state index in [1.165, 1.54) is 55.7 Å². The first-order valence-electron chi connectivity index (χ1n) is 12.3. The van der Waals surface area contributed by atoms with Crippen LogP contribution >= 0.6 is 0 Å². The SMILES string of the molecule is O=C(CN(c1ccc(F)cc1)S(=O)(=O)c1ccc2c(c1)OCCO2)NC12CC3CC(CC(C3)C1)C2. The number of benzene rings is 2. The van der Waals surface area contributed by atoms with Crippen molar-refractivity contribution in [1.82, 2.24) is 5.32 Å². The van der Waals surface area contributed by atoms with Gasteiger partial charge in [0.1, 0.15) is 25.6 Å². The van der Waals surface area contributed by atoms with Crippen molar-refractivity contribution in [3.63, 3.8) is 0 Å². The monoisotopic (exact) mass is 500 g/mol. The molecule has 5 aliphatic rings. The smallest absolute Gasteiger partial charge is 0.264 e. The molecule has 1 N–H and O–H groups in total. The van der Waals surface area contributed by atoms with Gasteiger partial charge >= 0.3 is 0 Å². The summed E-state index contributed by atoms with van der Waals surface area (Å²) < 4.78 is 53.3. The Balaban J connectivity index is 1.29. The first-order chi connectivity index (χ1) is 16.8. The molecule has 7 nitrogen and oxygen atoms in total. The third kappa shape index (κ3) is 4.24. The second-order valence-corrected chi connectivity index (χ2v) is 12.4. The Bertz CT molecular complexity index is 1210. The molecule has 2 aromatic carbocycles. The van der Waals surface area contributed by atoms with Gasteiger partial charge in [0, 0.05) is 11.6 Å². The van der Waals surface area contributed by atoms with Crippen LogP contribution in [0.15, 0.2) is 47.4 Å². The highest BCUT2D eigenvalue weighted by Gasteiger charge is 2.51. The number of anilines is 1. The molecule has 1 amide bonds. The Morgan fingerprint density at radius 3 is 2.17 bits per heavy atom. The van der Waals surface area contributed by atoms with Crippen LogP contribution in [0.4, 0.5) is 10.1 Å². The Hall–Kier alpha value is -2.81. The van der Waals surface area contributed by atoms with Gasteiger partial charge in [0.15, 0.2) is 11.5 Å². The number of hydrogen-bond acceptors (Lipinski definition) is 5. The van der Waals surface area contributed by atoms with Gasteiger partial charge in [-0.05, 0) is 92.7 Å². The van der Waals surface area contributed by atoms with Crippen LogP contribution in [0.3, 0.4) is 0 Å². The molecule has 0 unspecified atom stereocenters. The van der Waals surface area contributed by atoms with Crippen molar-refractivity contribution in [1.29, 1.82) is 0 Å². The zero-order chi connectivity index (χ0) is 24.2. The second-order valence-electron chi connectivity index (χ2n) is 10.5. The van der Waals surface area contributed by atoms with E-state index in [0.29, 0.717) is 42.5 Å². The van der Waals surface area contributed by atoms with Gasteiger partial charge in [-0.3, -0.25) is 9.10 Å². The minimum absolute atomic E-state index is 0.0197. The lowest BCUT2D eigenvalue weighted by molar-refractivity contribution is -0.125. The van der Waals surface area contributed by atoms with Gasteiger partial charge in [-0.15, -0.1) is 0 Å². The molecule has 0 radical (unpaired) electrons. The minimum atomic E-state index is -4.15. The van der Waals surface area contributed by atoms with Crippen LogP contribution in [-0.4, -0.2) is 39.6 Å². The lowest BCUT2D eigenvalue weighted by Gasteiger charge is -2.57. The van der Waals surface area contributed by atoms with E-state index in [-0.39, 0.29) is 28.6 Å². The molecule has 9 heteroatoms. The number of fused-ring (bicyclic) bond motifs is 1. The quantitative estimate of drug-likeness (QED) is 0.651. The summed E-state index contributed by atoms with van der Waals surface area (Å²) in [6.07, 6.45) is 6.64. The Morgan fingerprint density at radius 1 is 0.943 bits per heavy atom. The number of nitrogens with one attached hydrogen (secondary N) is 1. The van der Waals surface area contributed by atoms with Crippen molar-refractivity contribution in [3.8, 4) is 11.5 Å². The molecule has 0 aromatic heterocycles. The fourth-order valence-corrected chi connectivity index (χ4v) is 8.40. The summed E-state index contributed by atoms with van der Waals surface area (Å²) in [4.78, 5) is 13.3. The van der Waals surface area contributed by atoms with Crippen molar-refractivity contribution >= 4 is 21.6 Å². The molecule has 4 bridgehead atoms. The van der Waals surface area contributed by atoms with E-state index >= 15 is 0 Å². The van der Waals surface area contributed by atoms with E-state index in [4.69, 9.17) is 9.47 Å². The average Bonchev–Trinajstić information content (AvgIpc) is 2.81. The van der Waals surface area contributed by atoms with Crippen molar-refractivity contribution in [2.75, 3.05) is 24.1 Å². The maximum absolute atomic E-state index is 13.8. The summed E-state index contributed by atoms with van der Waals surface area (Å²) in [6.45, 7) is 0.334. The second kappa shape index (κ2) is 8.40. The molecule has 1 aliphatic heterocycles. The standard InChI is InChI=1S/C26H29FN2O5S/c27-20-1-3-21(4-2-20)29(35(31,32)22-5-6-23-24(12-22)34-8-7-33-23)16-25(30)28-26-13-17-9-18(14-26)11-19(10-17)15-26/h1-6,12,17-19H,7-11,13-16H2,(H,28,30). The van der Waals surface area contributed by atoms with Crippen LogP contribution in [0, 0.1) is 23.6 Å². The van der Waals surface area contributed by atoms with E-state index in [2.05, 4.69) is 5.32 Å². The highest BCUT2D eigenvalue weighted by molar-refractivity contribution is 7.92. The van der Waals surface area contributed by atoms with Gasteiger partial charge in [-0.1, -0.05) is 0 Å². The minimum Gasteiger partial charge on any atom is -0.486 e. The number of amides is 1. The Kier molecular flexibility index (Phi) is 5.43. The Labute approximate surface area is 204 Å². The fourth-order valence-electron chi connectivity index (χ4n) is 6.96. The molecule has 2 aromatic rings. The van der Waals surface area contributed by atoms with E-state index < -0.39 is 15.8 Å². The number of hydrogen-bond donors (Lipinski definition) is 1. The molecule has 1 heterocycles. The Morgan fingerprint density at radius 2 is 1.54 bits per heavy atom. The van der Waals surface area contributed by atoms with Gasteiger partial charge in [0.05, 0.1) is 10.6 Å². The third-order valence-electron chi connectivity index (χ3n) is 7.95. The number of ether oxygens (including phenoxy) is 2. The number of carbonyl (C=O) groups excluding carboxylic acids is 1. The van der Waals surface area contributed by atoms with Gasteiger partial charge in [0.2, 0.25) is 5.91 Å². The highest BCUT2D eigenvalue weighted by Crippen LogP contribution is 2.55. The summed E-state index contributed by atoms with van der Waals surface area (Å²) in [6, 6.07) is 9.55. The van der Waals surface area contributed by atoms with Crippen molar-refractivity contribution in [2.45, 2.75) is 49.0 Å². The van der Waals surface area contributed by atoms with Gasteiger partial charge in [-0.2, -0.15) is 0 Å². The summed E-state index contributed by atoms with van der Waals surface area (Å²) in [5.41, 5.74) is -0.0110. The lowest BCUT2D eigenvalue weighted by Crippen LogP contribution is -2.61. The molecule has 186 valence electrons. The molecule has 0 atom stereocenters. The normalized spacial score (nSPS) is 28.5. The molecule has 35 heavy (non-hydrogen) atoms. The zero-order valence-corrected chi connectivity index (χ0v) is 20.2. The highest BCUT2D eigenvalue weighted by atomic mass is 32.2. The molecular formula is C26H29FN2O5S. The third-order valence-corrected chi connectivity index (χ3v) is 9.72. The summed E-state index contributed by atoms with van der Waals surface area (Å²) in [7, 11) is -4.15. The number of nitrogens with zero attached hydrogens (tertiary/aromatic N) is 1. The number of halogens is 1. The molecule has 4 aliphatic carbocycles. The topological polar surface area (TPSA) is 84.9 Å². The van der Waals surface area contributed by atoms with Crippen molar-refractivity contribution in [2.24, 2.45) is 17.8 Å². The molecule has 7 rings (SSSR count). The first kappa shape index (κ1) is 22.6. The maximum Gasteiger partial charge on any atom is 0.264 e. The predicted molar refractivity (Wildman–Crippen MR) is 127 cm³/mol. The van der Waals surface area contributed by atoms with Gasteiger partial charge in [-0.25, -0.2) is 12.8 Å². The van der Waals surface area contributed by atoms with Gasteiger partial charge in [0.25, 0.3) is 10.0 Å². The van der Waals surface area contributed by atoms with Crippen molar-refractivity contribution < 1.29 is 27.1 Å². The first-order valence-corrected chi connectivity index (χ1v) is 13.7. The number of sulfonamides is 1. The van der Waals surface area contributed by atoms with E-state index in [1.807, 2.05) is 0 Å². The predicted octanol–water partition coefficient (Wildman–Crippen LogP) is 3.88. The molecular weight excluding hydrogens is 471 g/mol.